The van der Waals surface area contributed by atoms with E-state index < -0.39 is 0 Å². The quantitative estimate of drug-likeness (QED) is 0.623. The Balaban J connectivity index is 2.04. The average Bonchev–Trinajstić information content (AvgIpc) is 2.58. The molecule has 2 rings (SSSR count). The highest BCUT2D eigenvalue weighted by Gasteiger charge is 2.18. The van der Waals surface area contributed by atoms with Crippen molar-refractivity contribution in [1.82, 2.24) is 10.2 Å². The first-order chi connectivity index (χ1) is 5.47. The van der Waals surface area contributed by atoms with Crippen molar-refractivity contribution in [3.63, 3.8) is 0 Å². The molecule has 1 fully saturated rings. The molecule has 0 unspecified atom stereocenters. The monoisotopic (exact) mass is 172 g/mol. The van der Waals surface area contributed by atoms with Crippen LogP contribution in [0.25, 0.3) is 0 Å². The molecule has 0 amide bonds. The summed E-state index contributed by atoms with van der Waals surface area (Å²) in [5.74, 6) is 0.288. The molecule has 0 atom stereocenters. The number of hydrogen-bond acceptors (Lipinski definition) is 5. The van der Waals surface area contributed by atoms with E-state index in [1.807, 2.05) is 0 Å². The summed E-state index contributed by atoms with van der Waals surface area (Å²) in [7, 11) is 0. The van der Waals surface area contributed by atoms with Gasteiger partial charge in [0.1, 0.15) is 17.3 Å². The van der Waals surface area contributed by atoms with E-state index >= 15 is 0 Å². The van der Waals surface area contributed by atoms with Gasteiger partial charge in [-0.25, -0.2) is 0 Å². The van der Waals surface area contributed by atoms with Crippen LogP contribution in [-0.2, 0) is 9.47 Å². The van der Waals surface area contributed by atoms with Gasteiger partial charge in [0.05, 0.1) is 19.1 Å². The molecule has 0 aliphatic carbocycles. The second kappa shape index (κ2) is 3.25. The molecule has 2 heterocycles. The molecule has 1 aliphatic heterocycles. The van der Waals surface area contributed by atoms with Gasteiger partial charge in [0.25, 0.3) is 0 Å². The number of hydrogen-bond donors (Lipinski definition) is 0. The maximum atomic E-state index is 5.12. The number of ether oxygens (including phenoxy) is 2. The molecule has 60 valence electrons. The van der Waals surface area contributed by atoms with E-state index in [2.05, 4.69) is 10.2 Å². The number of aromatic nitrogens is 2. The number of rotatable bonds is 1. The lowest BCUT2D eigenvalue weighted by Gasteiger charge is -2.19. The normalized spacial score (nSPS) is 20.4. The first-order valence-corrected chi connectivity index (χ1v) is 4.26. The van der Waals surface area contributed by atoms with E-state index in [0.29, 0.717) is 20.0 Å². The Kier molecular flexibility index (Phi) is 2.11. The van der Waals surface area contributed by atoms with Gasteiger partial charge in [-0.2, -0.15) is 0 Å². The Morgan fingerprint density at radius 3 is 2.91 bits per heavy atom. The van der Waals surface area contributed by atoms with Gasteiger partial charge < -0.3 is 9.47 Å². The van der Waals surface area contributed by atoms with Crippen LogP contribution >= 0.6 is 11.3 Å². The molecule has 4 nitrogen and oxygen atoms in total. The largest absolute Gasteiger partial charge is 0.355 e. The van der Waals surface area contributed by atoms with Crippen LogP contribution in [-0.4, -0.2) is 30.2 Å². The van der Waals surface area contributed by atoms with Crippen molar-refractivity contribution >= 4 is 11.3 Å². The highest BCUT2D eigenvalue weighted by atomic mass is 32.1. The van der Waals surface area contributed by atoms with Gasteiger partial charge in [-0.3, -0.25) is 0 Å². The molecule has 0 aromatic carbocycles. The van der Waals surface area contributed by atoms with E-state index in [0.717, 1.165) is 5.01 Å². The Hall–Kier alpha value is -0.520. The third-order valence-electron chi connectivity index (χ3n) is 1.53. The molecule has 11 heavy (non-hydrogen) atoms. The van der Waals surface area contributed by atoms with Gasteiger partial charge in [0, 0.05) is 0 Å². The first kappa shape index (κ1) is 7.15. The fourth-order valence-electron chi connectivity index (χ4n) is 0.990. The van der Waals surface area contributed by atoms with Crippen molar-refractivity contribution in [1.29, 1.82) is 0 Å². The lowest BCUT2D eigenvalue weighted by Crippen LogP contribution is -2.22. The molecule has 0 radical (unpaired) electrons. The SMILES string of the molecule is c1nnc(C2COCOC2)s1. The summed E-state index contributed by atoms with van der Waals surface area (Å²) in [6, 6.07) is 0. The van der Waals surface area contributed by atoms with Crippen molar-refractivity contribution in [3.8, 4) is 0 Å². The molecule has 1 aromatic rings. The standard InChI is InChI=1S/C6H8N2O2S/c1-5(2-10-4-9-1)6-8-7-3-11-6/h3,5H,1-2,4H2. The molecule has 1 saturated heterocycles. The third kappa shape index (κ3) is 1.55. The lowest BCUT2D eigenvalue weighted by molar-refractivity contribution is -0.108. The molecule has 1 aliphatic rings. The van der Waals surface area contributed by atoms with Crippen molar-refractivity contribution in [3.05, 3.63) is 10.5 Å². The van der Waals surface area contributed by atoms with Crippen molar-refractivity contribution < 1.29 is 9.47 Å². The van der Waals surface area contributed by atoms with Crippen LogP contribution in [0, 0.1) is 0 Å². The Morgan fingerprint density at radius 1 is 1.45 bits per heavy atom. The van der Waals surface area contributed by atoms with Crippen LogP contribution < -0.4 is 0 Å². The summed E-state index contributed by atoms with van der Waals surface area (Å²) >= 11 is 1.55. The zero-order valence-corrected chi connectivity index (χ0v) is 6.71. The van der Waals surface area contributed by atoms with Crippen LogP contribution in [0.1, 0.15) is 10.9 Å². The van der Waals surface area contributed by atoms with Gasteiger partial charge in [-0.1, -0.05) is 0 Å². The predicted molar refractivity (Wildman–Crippen MR) is 39.4 cm³/mol. The third-order valence-corrected chi connectivity index (χ3v) is 2.39. The second-order valence-electron chi connectivity index (χ2n) is 2.33. The van der Waals surface area contributed by atoms with E-state index in [-0.39, 0.29) is 5.92 Å². The van der Waals surface area contributed by atoms with Crippen molar-refractivity contribution in [2.24, 2.45) is 0 Å². The summed E-state index contributed by atoms with van der Waals surface area (Å²) in [5, 5.41) is 8.71. The van der Waals surface area contributed by atoms with Gasteiger partial charge in [-0.05, 0) is 0 Å². The second-order valence-corrected chi connectivity index (χ2v) is 3.20. The highest BCUT2D eigenvalue weighted by molar-refractivity contribution is 7.09. The smallest absolute Gasteiger partial charge is 0.146 e. The highest BCUT2D eigenvalue weighted by Crippen LogP contribution is 2.20. The summed E-state index contributed by atoms with van der Waals surface area (Å²) in [6.45, 7) is 1.82. The fourth-order valence-corrected chi connectivity index (χ4v) is 1.61. The van der Waals surface area contributed by atoms with Crippen molar-refractivity contribution in [2.45, 2.75) is 5.92 Å². The fraction of sp³-hybridized carbons (Fsp3) is 0.667. The molecule has 1 aromatic heterocycles. The van der Waals surface area contributed by atoms with Crippen LogP contribution in [0.3, 0.4) is 0 Å². The molecular weight excluding hydrogens is 164 g/mol. The van der Waals surface area contributed by atoms with Crippen LogP contribution in [0.15, 0.2) is 5.51 Å². The van der Waals surface area contributed by atoms with Crippen LogP contribution in [0.2, 0.25) is 0 Å². The molecular formula is C6H8N2O2S. The lowest BCUT2D eigenvalue weighted by atomic mass is 10.2. The minimum Gasteiger partial charge on any atom is -0.355 e. The van der Waals surface area contributed by atoms with Gasteiger partial charge in [0.15, 0.2) is 0 Å². The van der Waals surface area contributed by atoms with Crippen LogP contribution in [0.4, 0.5) is 0 Å². The molecule has 5 heteroatoms. The van der Waals surface area contributed by atoms with Crippen molar-refractivity contribution in [2.75, 3.05) is 20.0 Å². The zero-order valence-electron chi connectivity index (χ0n) is 5.90. The summed E-state index contributed by atoms with van der Waals surface area (Å²) < 4.78 is 10.2. The van der Waals surface area contributed by atoms with Gasteiger partial charge >= 0.3 is 0 Å². The summed E-state index contributed by atoms with van der Waals surface area (Å²) in [5.41, 5.74) is 1.73. The van der Waals surface area contributed by atoms with E-state index in [1.165, 1.54) is 0 Å². The summed E-state index contributed by atoms with van der Waals surface area (Å²) in [6.07, 6.45) is 0. The molecule has 0 spiro atoms. The van der Waals surface area contributed by atoms with Gasteiger partial charge in [0.2, 0.25) is 0 Å². The molecule has 0 bridgehead atoms. The van der Waals surface area contributed by atoms with Gasteiger partial charge in [-0.15, -0.1) is 21.5 Å². The predicted octanol–water partition coefficient (Wildman–Crippen LogP) is 0.626. The minimum absolute atomic E-state index is 0.288. The topological polar surface area (TPSA) is 44.2 Å². The Labute approximate surface area is 68.2 Å². The van der Waals surface area contributed by atoms with E-state index in [9.17, 15) is 0 Å². The van der Waals surface area contributed by atoms with Crippen LogP contribution in [0.5, 0.6) is 0 Å². The first-order valence-electron chi connectivity index (χ1n) is 3.38. The molecule has 0 N–H and O–H groups in total. The maximum Gasteiger partial charge on any atom is 0.146 e. The van der Waals surface area contributed by atoms with E-state index in [1.54, 1.807) is 16.8 Å². The Bertz CT molecular complexity index is 208. The Morgan fingerprint density at radius 2 is 2.27 bits per heavy atom. The maximum absolute atomic E-state index is 5.12. The van der Waals surface area contributed by atoms with E-state index in [4.69, 9.17) is 9.47 Å². The summed E-state index contributed by atoms with van der Waals surface area (Å²) in [4.78, 5) is 0. The average molecular weight is 172 g/mol. The zero-order chi connectivity index (χ0) is 7.52. The number of nitrogens with zero attached hydrogens (tertiary/aromatic N) is 2. The molecule has 0 saturated carbocycles. The minimum atomic E-state index is 0.288.